The van der Waals surface area contributed by atoms with Crippen LogP contribution in [0.4, 0.5) is 0 Å². The summed E-state index contributed by atoms with van der Waals surface area (Å²) in [5, 5.41) is 4.87. The fraction of sp³-hybridized carbons (Fsp3) is 0.833. The first-order valence-corrected chi connectivity index (χ1v) is 8.74. The van der Waals surface area contributed by atoms with Crippen LogP contribution in [0.5, 0.6) is 5.88 Å². The molecule has 2 atom stereocenters. The average molecular weight is 320 g/mol. The molecule has 5 nitrogen and oxygen atoms in total. The van der Waals surface area contributed by atoms with Gasteiger partial charge in [0, 0.05) is 29.9 Å². The Labute approximate surface area is 138 Å². The second-order valence-corrected chi connectivity index (χ2v) is 8.14. The van der Waals surface area contributed by atoms with Crippen molar-refractivity contribution in [1.82, 2.24) is 9.78 Å². The first-order valence-electron chi connectivity index (χ1n) is 8.74. The molecule has 3 aliphatic rings. The van der Waals surface area contributed by atoms with Crippen molar-refractivity contribution >= 4 is 0 Å². The number of fused-ring (bicyclic) bond motifs is 3. The Morgan fingerprint density at radius 3 is 2.52 bits per heavy atom. The molecule has 128 valence electrons. The molecule has 0 bridgehead atoms. The molecular formula is C18H28N2O3. The number of hydrogen-bond donors (Lipinski definition) is 0. The summed E-state index contributed by atoms with van der Waals surface area (Å²) in [6.45, 7) is 8.47. The van der Waals surface area contributed by atoms with E-state index in [9.17, 15) is 0 Å². The largest absolute Gasteiger partial charge is 0.481 e. The molecule has 1 saturated heterocycles. The van der Waals surface area contributed by atoms with Crippen LogP contribution in [0.1, 0.15) is 51.3 Å². The van der Waals surface area contributed by atoms with Gasteiger partial charge in [0.15, 0.2) is 5.79 Å². The van der Waals surface area contributed by atoms with Crippen LogP contribution in [0.15, 0.2) is 0 Å². The molecule has 5 heteroatoms. The summed E-state index contributed by atoms with van der Waals surface area (Å²) in [5.74, 6) is 1.01. The van der Waals surface area contributed by atoms with Crippen molar-refractivity contribution < 1.29 is 14.2 Å². The highest BCUT2D eigenvalue weighted by Crippen LogP contribution is 2.62. The van der Waals surface area contributed by atoms with Gasteiger partial charge < -0.3 is 14.2 Å². The fourth-order valence-electron chi connectivity index (χ4n) is 5.70. The van der Waals surface area contributed by atoms with Crippen molar-refractivity contribution in [2.75, 3.05) is 20.3 Å². The van der Waals surface area contributed by atoms with Gasteiger partial charge in [-0.15, -0.1) is 0 Å². The third kappa shape index (κ3) is 1.78. The molecule has 0 N–H and O–H groups in total. The van der Waals surface area contributed by atoms with E-state index in [2.05, 4.69) is 20.8 Å². The number of aromatic nitrogens is 2. The molecule has 1 aromatic rings. The van der Waals surface area contributed by atoms with E-state index < -0.39 is 5.79 Å². The van der Waals surface area contributed by atoms with Gasteiger partial charge in [-0.3, -0.25) is 0 Å². The van der Waals surface area contributed by atoms with Crippen molar-refractivity contribution in [3.63, 3.8) is 0 Å². The maximum atomic E-state index is 6.16. The van der Waals surface area contributed by atoms with Crippen LogP contribution in [-0.4, -0.2) is 35.9 Å². The Balaban J connectivity index is 1.81. The smallest absolute Gasteiger partial charge is 0.214 e. The predicted octanol–water partition coefficient (Wildman–Crippen LogP) is 2.81. The van der Waals surface area contributed by atoms with Crippen LogP contribution in [0.3, 0.4) is 0 Å². The highest BCUT2D eigenvalue weighted by molar-refractivity contribution is 5.41. The minimum absolute atomic E-state index is 0.0288. The maximum Gasteiger partial charge on any atom is 0.214 e. The van der Waals surface area contributed by atoms with Crippen molar-refractivity contribution in [1.29, 1.82) is 0 Å². The number of hydrogen-bond acceptors (Lipinski definition) is 4. The molecule has 1 spiro atoms. The summed E-state index contributed by atoms with van der Waals surface area (Å²) in [6.07, 6.45) is 4.14. The zero-order valence-electron chi connectivity index (χ0n) is 14.9. The Morgan fingerprint density at radius 1 is 1.17 bits per heavy atom. The zero-order chi connectivity index (χ0) is 16.5. The van der Waals surface area contributed by atoms with E-state index in [1.165, 1.54) is 11.3 Å². The summed E-state index contributed by atoms with van der Waals surface area (Å²) in [6, 6.07) is 0. The zero-order valence-corrected chi connectivity index (χ0v) is 14.9. The summed E-state index contributed by atoms with van der Waals surface area (Å²) in [4.78, 5) is 0. The fourth-order valence-corrected chi connectivity index (χ4v) is 5.70. The van der Waals surface area contributed by atoms with Crippen molar-refractivity contribution in [2.45, 2.75) is 57.7 Å². The standard InChI is InChI=1S/C18H28N2O3/c1-16(2)13-7-6-12-14(19-20(4)15(12)21-5)17(13,3)8-9-18(16)22-10-11-23-18/h13H,6-11H2,1-5H3/t13-,17-/m0/s1. The summed E-state index contributed by atoms with van der Waals surface area (Å²) < 4.78 is 19.8. The lowest BCUT2D eigenvalue weighted by molar-refractivity contribution is -0.276. The first-order chi connectivity index (χ1) is 10.9. The van der Waals surface area contributed by atoms with Gasteiger partial charge in [0.2, 0.25) is 5.88 Å². The molecule has 2 fully saturated rings. The molecule has 0 radical (unpaired) electrons. The van der Waals surface area contributed by atoms with Crippen LogP contribution in [0.25, 0.3) is 0 Å². The molecule has 1 saturated carbocycles. The maximum absolute atomic E-state index is 6.16. The number of rotatable bonds is 1. The van der Waals surface area contributed by atoms with E-state index in [0.29, 0.717) is 5.92 Å². The number of nitrogens with zero attached hydrogens (tertiary/aromatic N) is 2. The molecule has 23 heavy (non-hydrogen) atoms. The van der Waals surface area contributed by atoms with Crippen LogP contribution >= 0.6 is 0 Å². The van der Waals surface area contributed by atoms with Gasteiger partial charge in [0.05, 0.1) is 26.0 Å². The summed E-state index contributed by atoms with van der Waals surface area (Å²) in [7, 11) is 3.72. The SMILES string of the molecule is COc1c2c(nn1C)[C@@]1(C)CCC3(OCCO3)C(C)(C)[C@@H]1CC2. The minimum atomic E-state index is -0.409. The monoisotopic (exact) mass is 320 g/mol. The number of ether oxygens (including phenoxy) is 3. The third-order valence-electron chi connectivity index (χ3n) is 6.85. The third-order valence-corrected chi connectivity index (χ3v) is 6.85. The van der Waals surface area contributed by atoms with Gasteiger partial charge in [-0.2, -0.15) is 5.10 Å². The second kappa shape index (κ2) is 4.73. The molecule has 0 aromatic carbocycles. The van der Waals surface area contributed by atoms with Gasteiger partial charge in [0.25, 0.3) is 0 Å². The van der Waals surface area contributed by atoms with Crippen molar-refractivity contribution in [3.05, 3.63) is 11.3 Å². The highest BCUT2D eigenvalue weighted by atomic mass is 16.7. The van der Waals surface area contributed by atoms with Crippen LogP contribution in [-0.2, 0) is 28.4 Å². The average Bonchev–Trinajstić information content (AvgIpc) is 3.10. The Hall–Kier alpha value is -1.07. The van der Waals surface area contributed by atoms with Gasteiger partial charge in [-0.25, -0.2) is 4.68 Å². The van der Waals surface area contributed by atoms with E-state index in [1.54, 1.807) is 7.11 Å². The number of methoxy groups -OCH3 is 1. The van der Waals surface area contributed by atoms with E-state index in [-0.39, 0.29) is 10.8 Å². The van der Waals surface area contributed by atoms with Crippen molar-refractivity contribution in [3.8, 4) is 5.88 Å². The molecule has 2 aliphatic carbocycles. The second-order valence-electron chi connectivity index (χ2n) is 8.14. The van der Waals surface area contributed by atoms with Crippen molar-refractivity contribution in [2.24, 2.45) is 18.4 Å². The normalized spacial score (nSPS) is 34.2. The summed E-state index contributed by atoms with van der Waals surface area (Å²) in [5.41, 5.74) is 2.56. The van der Waals surface area contributed by atoms with Crippen LogP contribution in [0, 0.1) is 11.3 Å². The quantitative estimate of drug-likeness (QED) is 0.798. The topological polar surface area (TPSA) is 45.5 Å². The summed E-state index contributed by atoms with van der Waals surface area (Å²) >= 11 is 0. The molecular weight excluding hydrogens is 292 g/mol. The molecule has 1 aliphatic heterocycles. The molecule has 0 amide bonds. The van der Waals surface area contributed by atoms with E-state index in [4.69, 9.17) is 19.3 Å². The van der Waals surface area contributed by atoms with E-state index in [0.717, 1.165) is 44.8 Å². The number of aryl methyl sites for hydroxylation is 1. The lowest BCUT2D eigenvalue weighted by atomic mass is 9.49. The lowest BCUT2D eigenvalue weighted by Crippen LogP contribution is -2.61. The Morgan fingerprint density at radius 2 is 1.87 bits per heavy atom. The Kier molecular flexibility index (Phi) is 3.18. The molecule has 1 aromatic heterocycles. The van der Waals surface area contributed by atoms with Gasteiger partial charge in [0.1, 0.15) is 0 Å². The molecule has 0 unspecified atom stereocenters. The lowest BCUT2D eigenvalue weighted by Gasteiger charge is -2.59. The van der Waals surface area contributed by atoms with Gasteiger partial charge in [-0.1, -0.05) is 20.8 Å². The predicted molar refractivity (Wildman–Crippen MR) is 86.6 cm³/mol. The molecule has 2 heterocycles. The van der Waals surface area contributed by atoms with Crippen LogP contribution < -0.4 is 4.74 Å². The Bertz CT molecular complexity index is 630. The minimum Gasteiger partial charge on any atom is -0.481 e. The van der Waals surface area contributed by atoms with E-state index in [1.807, 2.05) is 11.7 Å². The van der Waals surface area contributed by atoms with E-state index >= 15 is 0 Å². The van der Waals surface area contributed by atoms with Gasteiger partial charge in [-0.05, 0) is 25.2 Å². The highest BCUT2D eigenvalue weighted by Gasteiger charge is 2.64. The molecule has 4 rings (SSSR count). The first kappa shape index (κ1) is 15.5. The van der Waals surface area contributed by atoms with Gasteiger partial charge >= 0.3 is 0 Å². The van der Waals surface area contributed by atoms with Crippen LogP contribution in [0.2, 0.25) is 0 Å².